The molecule has 0 spiro atoms. The van der Waals surface area contributed by atoms with E-state index in [2.05, 4.69) is 77.8 Å². The summed E-state index contributed by atoms with van der Waals surface area (Å²) < 4.78 is 0. The minimum Gasteiger partial charge on any atom is -0.339 e. The normalized spacial score (nSPS) is 10.5. The van der Waals surface area contributed by atoms with E-state index in [9.17, 15) is 0 Å². The first-order valence-corrected chi connectivity index (χ1v) is 7.89. The van der Waals surface area contributed by atoms with E-state index in [1.165, 1.54) is 11.1 Å². The molecule has 5 nitrogen and oxygen atoms in total. The molecule has 0 radical (unpaired) electrons. The molecule has 2 N–H and O–H groups in total. The molecule has 0 saturated carbocycles. The maximum absolute atomic E-state index is 4.49. The smallest absolute Gasteiger partial charge is 0.249 e. The van der Waals surface area contributed by atoms with Crippen molar-refractivity contribution in [3.63, 3.8) is 0 Å². The maximum Gasteiger partial charge on any atom is 0.249 e. The monoisotopic (exact) mass is 319 g/mol. The summed E-state index contributed by atoms with van der Waals surface area (Å²) >= 11 is 0. The minimum atomic E-state index is 0.469. The second-order valence-corrected chi connectivity index (χ2v) is 6.05. The van der Waals surface area contributed by atoms with E-state index in [-0.39, 0.29) is 0 Å². The van der Waals surface area contributed by atoms with Crippen molar-refractivity contribution in [1.82, 2.24) is 15.2 Å². The van der Waals surface area contributed by atoms with Crippen LogP contribution in [0.3, 0.4) is 0 Å². The molecule has 0 bridgehead atoms. The van der Waals surface area contributed by atoms with Crippen LogP contribution >= 0.6 is 0 Å². The Morgan fingerprint density at radius 2 is 1.33 bits per heavy atom. The fraction of sp³-hybridized carbons (Fsp3) is 0.211. The highest BCUT2D eigenvalue weighted by Crippen LogP contribution is 2.22. The molecule has 1 heterocycles. The second-order valence-electron chi connectivity index (χ2n) is 6.05. The van der Waals surface area contributed by atoms with Crippen LogP contribution < -0.4 is 10.6 Å². The summed E-state index contributed by atoms with van der Waals surface area (Å²) in [6.07, 6.45) is 1.62. The number of anilines is 4. The van der Waals surface area contributed by atoms with E-state index in [0.717, 1.165) is 22.5 Å². The third-order valence-electron chi connectivity index (χ3n) is 3.83. The summed E-state index contributed by atoms with van der Waals surface area (Å²) in [6, 6.07) is 12.4. The van der Waals surface area contributed by atoms with Gasteiger partial charge < -0.3 is 10.6 Å². The largest absolute Gasteiger partial charge is 0.339 e. The highest BCUT2D eigenvalue weighted by molar-refractivity contribution is 5.63. The number of rotatable bonds is 4. The zero-order chi connectivity index (χ0) is 17.1. The van der Waals surface area contributed by atoms with Gasteiger partial charge in [0.2, 0.25) is 5.95 Å². The van der Waals surface area contributed by atoms with Gasteiger partial charge in [0.25, 0.3) is 0 Å². The second kappa shape index (κ2) is 6.66. The quantitative estimate of drug-likeness (QED) is 0.736. The number of nitrogens with one attached hydrogen (secondary N) is 2. The Kier molecular flexibility index (Phi) is 4.42. The molecule has 3 aromatic rings. The van der Waals surface area contributed by atoms with Crippen LogP contribution in [0.2, 0.25) is 0 Å². The van der Waals surface area contributed by atoms with Gasteiger partial charge in [-0.3, -0.25) is 0 Å². The Bertz CT molecular complexity index is 805. The molecule has 0 atom stereocenters. The van der Waals surface area contributed by atoms with E-state index < -0.39 is 0 Å². The summed E-state index contributed by atoms with van der Waals surface area (Å²) in [6.45, 7) is 8.28. The summed E-state index contributed by atoms with van der Waals surface area (Å²) in [4.78, 5) is 4.49. The van der Waals surface area contributed by atoms with Crippen LogP contribution in [0, 0.1) is 27.7 Å². The minimum absolute atomic E-state index is 0.469. The predicted molar refractivity (Wildman–Crippen MR) is 98.2 cm³/mol. The van der Waals surface area contributed by atoms with E-state index in [1.54, 1.807) is 6.20 Å². The van der Waals surface area contributed by atoms with Crippen LogP contribution in [-0.2, 0) is 0 Å². The zero-order valence-corrected chi connectivity index (χ0v) is 14.4. The summed E-state index contributed by atoms with van der Waals surface area (Å²) in [5.74, 6) is 1.13. The fourth-order valence-corrected chi connectivity index (χ4v) is 2.58. The lowest BCUT2D eigenvalue weighted by molar-refractivity contribution is 0.981. The lowest BCUT2D eigenvalue weighted by atomic mass is 10.1. The van der Waals surface area contributed by atoms with Crippen molar-refractivity contribution in [2.75, 3.05) is 10.6 Å². The van der Waals surface area contributed by atoms with Crippen LogP contribution in [-0.4, -0.2) is 15.2 Å². The van der Waals surface area contributed by atoms with Crippen molar-refractivity contribution in [3.8, 4) is 0 Å². The number of aromatic nitrogens is 3. The molecule has 5 heteroatoms. The number of hydrogen-bond acceptors (Lipinski definition) is 5. The predicted octanol–water partition coefficient (Wildman–Crippen LogP) is 4.59. The Hall–Kier alpha value is -2.95. The van der Waals surface area contributed by atoms with E-state index >= 15 is 0 Å². The van der Waals surface area contributed by atoms with Crippen molar-refractivity contribution in [1.29, 1.82) is 0 Å². The zero-order valence-electron chi connectivity index (χ0n) is 14.4. The lowest BCUT2D eigenvalue weighted by Crippen LogP contribution is -2.04. The van der Waals surface area contributed by atoms with E-state index in [1.807, 2.05) is 12.1 Å². The highest BCUT2D eigenvalue weighted by atomic mass is 15.3. The number of aryl methyl sites for hydroxylation is 4. The van der Waals surface area contributed by atoms with Gasteiger partial charge in [0, 0.05) is 11.4 Å². The number of nitrogens with zero attached hydrogens (tertiary/aromatic N) is 3. The van der Waals surface area contributed by atoms with Gasteiger partial charge in [-0.15, -0.1) is 5.10 Å². The van der Waals surface area contributed by atoms with Crippen molar-refractivity contribution >= 4 is 23.1 Å². The summed E-state index contributed by atoms with van der Waals surface area (Å²) in [5.41, 5.74) is 6.76. The first-order valence-electron chi connectivity index (χ1n) is 7.89. The number of hydrogen-bond donors (Lipinski definition) is 2. The van der Waals surface area contributed by atoms with E-state index in [4.69, 9.17) is 0 Å². The maximum atomic E-state index is 4.49. The Morgan fingerprint density at radius 1 is 0.750 bits per heavy atom. The molecule has 0 saturated heterocycles. The van der Waals surface area contributed by atoms with Gasteiger partial charge in [0.15, 0.2) is 5.82 Å². The van der Waals surface area contributed by atoms with Crippen LogP contribution in [0.15, 0.2) is 42.6 Å². The third-order valence-corrected chi connectivity index (χ3v) is 3.83. The topological polar surface area (TPSA) is 62.7 Å². The van der Waals surface area contributed by atoms with Gasteiger partial charge in [-0.25, -0.2) is 0 Å². The third kappa shape index (κ3) is 3.68. The molecule has 0 unspecified atom stereocenters. The molecule has 0 aliphatic carbocycles. The van der Waals surface area contributed by atoms with Crippen LogP contribution in [0.5, 0.6) is 0 Å². The molecule has 122 valence electrons. The molecule has 0 aliphatic heterocycles. The fourth-order valence-electron chi connectivity index (χ4n) is 2.58. The van der Waals surface area contributed by atoms with Crippen LogP contribution in [0.4, 0.5) is 23.1 Å². The molecule has 0 amide bonds. The van der Waals surface area contributed by atoms with Gasteiger partial charge in [-0.05, 0) is 51.0 Å². The molecular weight excluding hydrogens is 298 g/mol. The molecular formula is C19H21N5. The van der Waals surface area contributed by atoms with Crippen molar-refractivity contribution in [2.24, 2.45) is 0 Å². The van der Waals surface area contributed by atoms with Gasteiger partial charge in [-0.2, -0.15) is 10.1 Å². The van der Waals surface area contributed by atoms with Crippen molar-refractivity contribution in [2.45, 2.75) is 27.7 Å². The van der Waals surface area contributed by atoms with Crippen LogP contribution in [0.25, 0.3) is 0 Å². The SMILES string of the molecule is Cc1ccc(Nc2cnnc(Nc3ccc(C)cc3C)n2)c(C)c1. The van der Waals surface area contributed by atoms with Gasteiger partial charge >= 0.3 is 0 Å². The van der Waals surface area contributed by atoms with Gasteiger partial charge in [0.1, 0.15) is 0 Å². The highest BCUT2D eigenvalue weighted by Gasteiger charge is 2.05. The van der Waals surface area contributed by atoms with Crippen molar-refractivity contribution < 1.29 is 0 Å². The van der Waals surface area contributed by atoms with Gasteiger partial charge in [-0.1, -0.05) is 35.4 Å². The first-order chi connectivity index (χ1) is 11.5. The average Bonchev–Trinajstić information content (AvgIpc) is 2.53. The molecule has 1 aromatic heterocycles. The van der Waals surface area contributed by atoms with Crippen molar-refractivity contribution in [3.05, 3.63) is 64.8 Å². The van der Waals surface area contributed by atoms with Crippen LogP contribution in [0.1, 0.15) is 22.3 Å². The molecule has 3 rings (SSSR count). The average molecular weight is 319 g/mol. The summed E-state index contributed by atoms with van der Waals surface area (Å²) in [5, 5.41) is 14.6. The van der Waals surface area contributed by atoms with Gasteiger partial charge in [0.05, 0.1) is 6.20 Å². The standard InChI is InChI=1S/C19H21N5/c1-12-5-7-16(14(3)9-12)21-18-11-20-24-19(23-18)22-17-8-6-13(2)10-15(17)4/h5-11H,1-4H3,(H2,21,22,23,24). The molecule has 0 fully saturated rings. The Morgan fingerprint density at radius 3 is 1.92 bits per heavy atom. The summed E-state index contributed by atoms with van der Waals surface area (Å²) in [7, 11) is 0. The number of benzene rings is 2. The Balaban J connectivity index is 1.81. The Labute approximate surface area is 142 Å². The molecule has 24 heavy (non-hydrogen) atoms. The lowest BCUT2D eigenvalue weighted by Gasteiger charge is -2.11. The molecule has 0 aliphatic rings. The first kappa shape index (κ1) is 15.9. The molecule has 2 aromatic carbocycles. The van der Waals surface area contributed by atoms with E-state index in [0.29, 0.717) is 11.8 Å².